The Balaban J connectivity index is 2.05. The molecule has 8 heteroatoms. The standard InChI is InChI=1S/C18H22ClN3O3S/c1-13-4-7-15(12-17(13)19)21-18(23)14-5-8-16(9-6-14)26(24,25)20-10-11-22(2)3/h4-9,12,20H,10-11H2,1-3H3,(H,21,23). The van der Waals surface area contributed by atoms with E-state index in [0.29, 0.717) is 29.4 Å². The van der Waals surface area contributed by atoms with Gasteiger partial charge in [0.1, 0.15) is 0 Å². The van der Waals surface area contributed by atoms with E-state index in [2.05, 4.69) is 10.0 Å². The number of nitrogens with zero attached hydrogens (tertiary/aromatic N) is 1. The Hall–Kier alpha value is -1.93. The van der Waals surface area contributed by atoms with Crippen LogP contribution in [0.5, 0.6) is 0 Å². The number of carbonyl (C=O) groups is 1. The quantitative estimate of drug-likeness (QED) is 0.755. The fraction of sp³-hybridized carbons (Fsp3) is 0.278. The van der Waals surface area contributed by atoms with Gasteiger partial charge in [-0.15, -0.1) is 0 Å². The van der Waals surface area contributed by atoms with Crippen molar-refractivity contribution in [2.75, 3.05) is 32.5 Å². The second-order valence-electron chi connectivity index (χ2n) is 6.14. The maximum Gasteiger partial charge on any atom is 0.255 e. The van der Waals surface area contributed by atoms with E-state index in [1.54, 1.807) is 12.1 Å². The summed E-state index contributed by atoms with van der Waals surface area (Å²) in [7, 11) is 0.135. The number of amides is 1. The van der Waals surface area contributed by atoms with E-state index < -0.39 is 10.0 Å². The van der Waals surface area contributed by atoms with Gasteiger partial charge < -0.3 is 10.2 Å². The number of hydrogen-bond acceptors (Lipinski definition) is 4. The maximum absolute atomic E-state index is 12.3. The summed E-state index contributed by atoms with van der Waals surface area (Å²) in [6, 6.07) is 11.0. The van der Waals surface area contributed by atoms with Crippen LogP contribution in [0, 0.1) is 6.92 Å². The molecule has 0 bridgehead atoms. The van der Waals surface area contributed by atoms with Crippen molar-refractivity contribution in [3.05, 3.63) is 58.6 Å². The molecule has 0 aromatic heterocycles. The molecule has 0 spiro atoms. The van der Waals surface area contributed by atoms with E-state index in [9.17, 15) is 13.2 Å². The van der Waals surface area contributed by atoms with Crippen molar-refractivity contribution in [3.63, 3.8) is 0 Å². The van der Waals surface area contributed by atoms with Gasteiger partial charge in [0.15, 0.2) is 0 Å². The largest absolute Gasteiger partial charge is 0.322 e. The average Bonchev–Trinajstić information content (AvgIpc) is 2.58. The summed E-state index contributed by atoms with van der Waals surface area (Å²) < 4.78 is 26.9. The molecule has 0 aliphatic heterocycles. The van der Waals surface area contributed by atoms with Crippen molar-refractivity contribution >= 4 is 33.2 Å². The van der Waals surface area contributed by atoms with E-state index in [1.165, 1.54) is 24.3 Å². The Morgan fingerprint density at radius 2 is 1.77 bits per heavy atom. The van der Waals surface area contributed by atoms with Gasteiger partial charge in [0.25, 0.3) is 5.91 Å². The zero-order valence-electron chi connectivity index (χ0n) is 14.9. The average molecular weight is 396 g/mol. The van der Waals surface area contributed by atoms with Gasteiger partial charge >= 0.3 is 0 Å². The smallest absolute Gasteiger partial charge is 0.255 e. The van der Waals surface area contributed by atoms with Gasteiger partial charge in [-0.3, -0.25) is 4.79 Å². The van der Waals surface area contributed by atoms with Gasteiger partial charge in [-0.1, -0.05) is 17.7 Å². The Labute approximate surface area is 159 Å². The number of halogens is 1. The monoisotopic (exact) mass is 395 g/mol. The second-order valence-corrected chi connectivity index (χ2v) is 8.32. The van der Waals surface area contributed by atoms with Crippen molar-refractivity contribution in [3.8, 4) is 0 Å². The van der Waals surface area contributed by atoms with Crippen molar-refractivity contribution in [1.29, 1.82) is 0 Å². The minimum atomic E-state index is -3.59. The van der Waals surface area contributed by atoms with Crippen LogP contribution in [0.25, 0.3) is 0 Å². The van der Waals surface area contributed by atoms with Crippen LogP contribution in [-0.4, -0.2) is 46.4 Å². The van der Waals surface area contributed by atoms with E-state index in [4.69, 9.17) is 11.6 Å². The van der Waals surface area contributed by atoms with E-state index in [0.717, 1.165) is 5.56 Å². The minimum absolute atomic E-state index is 0.117. The summed E-state index contributed by atoms with van der Waals surface area (Å²) >= 11 is 6.05. The summed E-state index contributed by atoms with van der Waals surface area (Å²) in [6.45, 7) is 2.78. The Morgan fingerprint density at radius 3 is 2.35 bits per heavy atom. The fourth-order valence-electron chi connectivity index (χ4n) is 2.15. The normalized spacial score (nSPS) is 11.6. The highest BCUT2D eigenvalue weighted by atomic mass is 35.5. The lowest BCUT2D eigenvalue weighted by molar-refractivity contribution is 0.102. The van der Waals surface area contributed by atoms with Gasteiger partial charge in [-0.2, -0.15) is 0 Å². The van der Waals surface area contributed by atoms with Crippen LogP contribution >= 0.6 is 11.6 Å². The third-order valence-corrected chi connectivity index (χ3v) is 5.59. The van der Waals surface area contributed by atoms with E-state index in [-0.39, 0.29) is 10.8 Å². The second kappa shape index (κ2) is 8.64. The van der Waals surface area contributed by atoms with Gasteiger partial charge in [0.05, 0.1) is 4.90 Å². The topological polar surface area (TPSA) is 78.5 Å². The van der Waals surface area contributed by atoms with Crippen LogP contribution in [0.4, 0.5) is 5.69 Å². The molecule has 1 amide bonds. The molecule has 2 aromatic rings. The molecule has 2 aromatic carbocycles. The maximum atomic E-state index is 12.3. The van der Waals surface area contributed by atoms with Gasteiger partial charge in [0.2, 0.25) is 10.0 Å². The van der Waals surface area contributed by atoms with Crippen LogP contribution in [-0.2, 0) is 10.0 Å². The molecular formula is C18H22ClN3O3S. The van der Waals surface area contributed by atoms with Crippen molar-refractivity contribution < 1.29 is 13.2 Å². The first kappa shape index (κ1) is 20.4. The van der Waals surface area contributed by atoms with Crippen LogP contribution in [0.15, 0.2) is 47.4 Å². The zero-order chi connectivity index (χ0) is 19.3. The third-order valence-electron chi connectivity index (χ3n) is 3.71. The van der Waals surface area contributed by atoms with Gasteiger partial charge in [-0.05, 0) is 63.0 Å². The minimum Gasteiger partial charge on any atom is -0.322 e. The van der Waals surface area contributed by atoms with Crippen LogP contribution in [0.3, 0.4) is 0 Å². The number of sulfonamides is 1. The number of anilines is 1. The summed E-state index contributed by atoms with van der Waals surface area (Å²) in [5.74, 6) is -0.338. The number of nitrogens with one attached hydrogen (secondary N) is 2. The highest BCUT2D eigenvalue weighted by Crippen LogP contribution is 2.20. The fourth-order valence-corrected chi connectivity index (χ4v) is 3.35. The van der Waals surface area contributed by atoms with Crippen LogP contribution in [0.1, 0.15) is 15.9 Å². The number of carbonyl (C=O) groups excluding carboxylic acids is 1. The lowest BCUT2D eigenvalue weighted by atomic mass is 10.2. The van der Waals surface area contributed by atoms with Crippen molar-refractivity contribution in [2.24, 2.45) is 0 Å². The SMILES string of the molecule is Cc1ccc(NC(=O)c2ccc(S(=O)(=O)NCCN(C)C)cc2)cc1Cl. The Kier molecular flexibility index (Phi) is 6.77. The Bertz CT molecular complexity index is 881. The highest BCUT2D eigenvalue weighted by molar-refractivity contribution is 7.89. The molecule has 2 N–H and O–H groups in total. The molecule has 0 fully saturated rings. The number of likely N-dealkylation sites (N-methyl/N-ethyl adjacent to an activating group) is 1. The third kappa shape index (κ3) is 5.54. The number of rotatable bonds is 7. The summed E-state index contributed by atoms with van der Waals surface area (Å²) in [4.78, 5) is 14.3. The highest BCUT2D eigenvalue weighted by Gasteiger charge is 2.15. The molecule has 0 radical (unpaired) electrons. The van der Waals surface area contributed by atoms with Crippen LogP contribution < -0.4 is 10.0 Å². The Morgan fingerprint density at radius 1 is 1.12 bits per heavy atom. The predicted molar refractivity (Wildman–Crippen MR) is 104 cm³/mol. The molecule has 2 rings (SSSR count). The molecule has 0 unspecified atom stereocenters. The first-order chi connectivity index (χ1) is 12.2. The number of hydrogen-bond donors (Lipinski definition) is 2. The van der Waals surface area contributed by atoms with Crippen molar-refractivity contribution in [1.82, 2.24) is 9.62 Å². The molecule has 140 valence electrons. The molecule has 0 saturated heterocycles. The number of aryl methyl sites for hydroxylation is 1. The summed E-state index contributed by atoms with van der Waals surface area (Å²) in [5, 5.41) is 3.30. The van der Waals surface area contributed by atoms with Gasteiger partial charge in [-0.25, -0.2) is 13.1 Å². The van der Waals surface area contributed by atoms with E-state index in [1.807, 2.05) is 32.0 Å². The zero-order valence-corrected chi connectivity index (χ0v) is 16.5. The molecule has 6 nitrogen and oxygen atoms in total. The molecule has 0 heterocycles. The summed E-state index contributed by atoms with van der Waals surface area (Å²) in [5.41, 5.74) is 1.85. The van der Waals surface area contributed by atoms with E-state index >= 15 is 0 Å². The van der Waals surface area contributed by atoms with Crippen LogP contribution in [0.2, 0.25) is 5.02 Å². The first-order valence-electron chi connectivity index (χ1n) is 8.01. The molecule has 26 heavy (non-hydrogen) atoms. The van der Waals surface area contributed by atoms with Gasteiger partial charge in [0, 0.05) is 29.4 Å². The van der Waals surface area contributed by atoms with Crippen molar-refractivity contribution in [2.45, 2.75) is 11.8 Å². The first-order valence-corrected chi connectivity index (χ1v) is 9.87. The molecular weight excluding hydrogens is 374 g/mol. The molecule has 0 aliphatic carbocycles. The predicted octanol–water partition coefficient (Wildman–Crippen LogP) is 2.74. The molecule has 0 aliphatic rings. The number of benzene rings is 2. The lowest BCUT2D eigenvalue weighted by Crippen LogP contribution is -2.31. The summed E-state index contributed by atoms with van der Waals surface area (Å²) in [6.07, 6.45) is 0. The molecule has 0 saturated carbocycles. The molecule has 0 atom stereocenters. The lowest BCUT2D eigenvalue weighted by Gasteiger charge is -2.11.